The predicted molar refractivity (Wildman–Crippen MR) is 75.8 cm³/mol. The molecule has 1 heterocycles. The first kappa shape index (κ1) is 13.6. The van der Waals surface area contributed by atoms with Gasteiger partial charge in [-0.1, -0.05) is 38.1 Å². The van der Waals surface area contributed by atoms with Crippen molar-refractivity contribution in [3.05, 3.63) is 35.4 Å². The topological polar surface area (TPSA) is 21.3 Å². The van der Waals surface area contributed by atoms with E-state index in [0.29, 0.717) is 12.0 Å². The second-order valence-electron chi connectivity index (χ2n) is 5.80. The molecule has 1 fully saturated rings. The molecule has 1 N–H and O–H groups in total. The fraction of sp³-hybridized carbons (Fsp3) is 0.625. The maximum Gasteiger partial charge on any atom is 0.0949 e. The highest BCUT2D eigenvalue weighted by molar-refractivity contribution is 5.25. The van der Waals surface area contributed by atoms with E-state index in [1.165, 1.54) is 11.1 Å². The number of ether oxygens (including phenoxy) is 1. The average molecular weight is 247 g/mol. The van der Waals surface area contributed by atoms with Gasteiger partial charge in [0.05, 0.1) is 6.10 Å². The maximum absolute atomic E-state index is 5.92. The second kappa shape index (κ2) is 6.35. The Morgan fingerprint density at radius 3 is 2.67 bits per heavy atom. The molecule has 2 nitrogen and oxygen atoms in total. The lowest BCUT2D eigenvalue weighted by Gasteiger charge is -2.16. The second-order valence-corrected chi connectivity index (χ2v) is 5.80. The van der Waals surface area contributed by atoms with Crippen LogP contribution in [0, 0.1) is 5.92 Å². The van der Waals surface area contributed by atoms with E-state index in [4.69, 9.17) is 4.74 Å². The van der Waals surface area contributed by atoms with Crippen LogP contribution in [0.5, 0.6) is 0 Å². The van der Waals surface area contributed by atoms with Crippen molar-refractivity contribution in [1.82, 2.24) is 5.32 Å². The zero-order valence-electron chi connectivity index (χ0n) is 11.8. The zero-order valence-corrected chi connectivity index (χ0v) is 11.8. The first-order valence-electron chi connectivity index (χ1n) is 7.09. The number of benzene rings is 1. The van der Waals surface area contributed by atoms with Crippen molar-refractivity contribution in [1.29, 1.82) is 0 Å². The molecule has 1 aliphatic heterocycles. The summed E-state index contributed by atoms with van der Waals surface area (Å²) in [5, 5.41) is 3.51. The number of nitrogens with one attached hydrogen (secondary N) is 1. The number of hydrogen-bond donors (Lipinski definition) is 1. The zero-order chi connectivity index (χ0) is 13.0. The molecule has 1 aromatic carbocycles. The van der Waals surface area contributed by atoms with Crippen molar-refractivity contribution in [3.8, 4) is 0 Å². The third-order valence-corrected chi connectivity index (χ3v) is 3.52. The molecule has 18 heavy (non-hydrogen) atoms. The average Bonchev–Trinajstić information content (AvgIpc) is 2.54. The molecule has 2 unspecified atom stereocenters. The SMILES string of the molecule is CC(C)Cc1ccc(C2CNC(C)CCO2)cc1. The van der Waals surface area contributed by atoms with Crippen LogP contribution in [0.1, 0.15) is 44.4 Å². The minimum atomic E-state index is 0.211. The molecule has 0 bridgehead atoms. The van der Waals surface area contributed by atoms with Gasteiger partial charge in [0.25, 0.3) is 0 Å². The minimum absolute atomic E-state index is 0.211. The van der Waals surface area contributed by atoms with Gasteiger partial charge >= 0.3 is 0 Å². The Kier molecular flexibility index (Phi) is 4.79. The van der Waals surface area contributed by atoms with E-state index in [1.807, 2.05) is 0 Å². The summed E-state index contributed by atoms with van der Waals surface area (Å²) in [5.41, 5.74) is 2.72. The Labute approximate surface area is 111 Å². The summed E-state index contributed by atoms with van der Waals surface area (Å²) in [7, 11) is 0. The minimum Gasteiger partial charge on any atom is -0.372 e. The summed E-state index contributed by atoms with van der Waals surface area (Å²) in [6, 6.07) is 9.50. The van der Waals surface area contributed by atoms with Gasteiger partial charge in [-0.2, -0.15) is 0 Å². The van der Waals surface area contributed by atoms with Crippen LogP contribution in [0.2, 0.25) is 0 Å². The van der Waals surface area contributed by atoms with E-state index in [2.05, 4.69) is 50.4 Å². The van der Waals surface area contributed by atoms with E-state index in [1.54, 1.807) is 0 Å². The van der Waals surface area contributed by atoms with Crippen molar-refractivity contribution in [2.75, 3.05) is 13.2 Å². The van der Waals surface area contributed by atoms with Gasteiger partial charge in [0.15, 0.2) is 0 Å². The van der Waals surface area contributed by atoms with E-state index >= 15 is 0 Å². The van der Waals surface area contributed by atoms with Gasteiger partial charge in [-0.05, 0) is 36.8 Å². The van der Waals surface area contributed by atoms with Crippen molar-refractivity contribution in [2.24, 2.45) is 5.92 Å². The molecule has 0 amide bonds. The lowest BCUT2D eigenvalue weighted by molar-refractivity contribution is 0.0664. The molecule has 2 atom stereocenters. The van der Waals surface area contributed by atoms with Crippen LogP contribution < -0.4 is 5.32 Å². The summed E-state index contributed by atoms with van der Waals surface area (Å²) in [6.45, 7) is 8.51. The van der Waals surface area contributed by atoms with Gasteiger partial charge in [0, 0.05) is 19.2 Å². The highest BCUT2D eigenvalue weighted by atomic mass is 16.5. The smallest absolute Gasteiger partial charge is 0.0949 e. The van der Waals surface area contributed by atoms with Crippen molar-refractivity contribution >= 4 is 0 Å². The molecule has 0 aromatic heterocycles. The molecule has 0 saturated carbocycles. The molecule has 2 rings (SSSR count). The fourth-order valence-corrected chi connectivity index (χ4v) is 2.41. The Morgan fingerprint density at radius 1 is 1.28 bits per heavy atom. The van der Waals surface area contributed by atoms with Crippen LogP contribution in [0.15, 0.2) is 24.3 Å². The van der Waals surface area contributed by atoms with Gasteiger partial charge in [-0.3, -0.25) is 0 Å². The van der Waals surface area contributed by atoms with Crippen LogP contribution >= 0.6 is 0 Å². The van der Waals surface area contributed by atoms with Crippen LogP contribution in [-0.2, 0) is 11.2 Å². The van der Waals surface area contributed by atoms with Crippen LogP contribution in [-0.4, -0.2) is 19.2 Å². The third-order valence-electron chi connectivity index (χ3n) is 3.52. The van der Waals surface area contributed by atoms with Gasteiger partial charge in [0.1, 0.15) is 0 Å². The predicted octanol–water partition coefficient (Wildman–Crippen LogP) is 3.32. The molecular formula is C16H25NO. The molecule has 1 aromatic rings. The lowest BCUT2D eigenvalue weighted by Crippen LogP contribution is -2.27. The Hall–Kier alpha value is -0.860. The molecule has 0 spiro atoms. The Balaban J connectivity index is 2.00. The molecular weight excluding hydrogens is 222 g/mol. The molecule has 0 aliphatic carbocycles. The molecule has 100 valence electrons. The summed E-state index contributed by atoms with van der Waals surface area (Å²) >= 11 is 0. The van der Waals surface area contributed by atoms with Crippen LogP contribution in [0.4, 0.5) is 0 Å². The van der Waals surface area contributed by atoms with Crippen molar-refractivity contribution < 1.29 is 4.74 Å². The normalized spacial score (nSPS) is 25.1. The highest BCUT2D eigenvalue weighted by Crippen LogP contribution is 2.21. The van der Waals surface area contributed by atoms with Crippen molar-refractivity contribution in [3.63, 3.8) is 0 Å². The van der Waals surface area contributed by atoms with Gasteiger partial charge < -0.3 is 10.1 Å². The van der Waals surface area contributed by atoms with E-state index in [-0.39, 0.29) is 6.10 Å². The van der Waals surface area contributed by atoms with Gasteiger partial charge in [0.2, 0.25) is 0 Å². The van der Waals surface area contributed by atoms with Crippen LogP contribution in [0.25, 0.3) is 0 Å². The first-order valence-corrected chi connectivity index (χ1v) is 7.09. The fourth-order valence-electron chi connectivity index (χ4n) is 2.41. The third kappa shape index (κ3) is 3.82. The summed E-state index contributed by atoms with van der Waals surface area (Å²) in [4.78, 5) is 0. The highest BCUT2D eigenvalue weighted by Gasteiger charge is 2.17. The summed E-state index contributed by atoms with van der Waals surface area (Å²) in [6.07, 6.45) is 2.46. The Morgan fingerprint density at radius 2 is 2.00 bits per heavy atom. The van der Waals surface area contributed by atoms with Crippen LogP contribution in [0.3, 0.4) is 0 Å². The number of hydrogen-bond acceptors (Lipinski definition) is 2. The Bertz CT molecular complexity index is 358. The monoisotopic (exact) mass is 247 g/mol. The lowest BCUT2D eigenvalue weighted by atomic mass is 10.00. The molecule has 0 radical (unpaired) electrons. The summed E-state index contributed by atoms with van der Waals surface area (Å²) in [5.74, 6) is 0.715. The summed E-state index contributed by atoms with van der Waals surface area (Å²) < 4.78 is 5.92. The first-order chi connectivity index (χ1) is 8.65. The quantitative estimate of drug-likeness (QED) is 0.884. The molecule has 1 aliphatic rings. The van der Waals surface area contributed by atoms with E-state index in [0.717, 1.165) is 26.0 Å². The van der Waals surface area contributed by atoms with E-state index < -0.39 is 0 Å². The van der Waals surface area contributed by atoms with Gasteiger partial charge in [-0.15, -0.1) is 0 Å². The molecule has 1 saturated heterocycles. The molecule has 2 heteroatoms. The van der Waals surface area contributed by atoms with E-state index in [9.17, 15) is 0 Å². The largest absolute Gasteiger partial charge is 0.372 e. The van der Waals surface area contributed by atoms with Gasteiger partial charge in [-0.25, -0.2) is 0 Å². The standard InChI is InChI=1S/C16H25NO/c1-12(2)10-14-4-6-15(7-5-14)16-11-17-13(3)8-9-18-16/h4-7,12-13,16-17H,8-11H2,1-3H3. The van der Waals surface area contributed by atoms with Crippen molar-refractivity contribution in [2.45, 2.75) is 45.8 Å². The number of rotatable bonds is 3. The maximum atomic E-state index is 5.92.